The van der Waals surface area contributed by atoms with Crippen LogP contribution >= 0.6 is 11.6 Å². The number of amides is 1. The van der Waals surface area contributed by atoms with Gasteiger partial charge in [-0.15, -0.1) is 11.6 Å². The van der Waals surface area contributed by atoms with Crippen LogP contribution in [0, 0.1) is 0 Å². The summed E-state index contributed by atoms with van der Waals surface area (Å²) in [6, 6.07) is 13.8. The lowest BCUT2D eigenvalue weighted by atomic mass is 10.1. The van der Waals surface area contributed by atoms with Crippen LogP contribution in [0.15, 0.2) is 53.1 Å². The Morgan fingerprint density at radius 1 is 1.25 bits per heavy atom. The summed E-state index contributed by atoms with van der Waals surface area (Å²) in [5, 5.41) is -0.527. The zero-order chi connectivity index (χ0) is 14.4. The van der Waals surface area contributed by atoms with Crippen molar-refractivity contribution >= 4 is 17.5 Å². The van der Waals surface area contributed by atoms with Crippen molar-refractivity contribution in [3.05, 3.63) is 60.1 Å². The van der Waals surface area contributed by atoms with Crippen LogP contribution in [0.4, 0.5) is 0 Å². The Morgan fingerprint density at radius 3 is 2.60 bits per heavy atom. The minimum atomic E-state index is -0.527. The number of furan rings is 1. The molecular formula is C16H18ClNO2. The first-order chi connectivity index (χ1) is 9.66. The van der Waals surface area contributed by atoms with Crippen LogP contribution in [0.25, 0.3) is 0 Å². The summed E-state index contributed by atoms with van der Waals surface area (Å²) in [6.07, 6.45) is 2.41. The average Bonchev–Trinajstić information content (AvgIpc) is 2.96. The maximum atomic E-state index is 12.1. The first-order valence-electron chi connectivity index (χ1n) is 6.66. The normalized spacial score (nSPS) is 12.1. The van der Waals surface area contributed by atoms with Crippen molar-refractivity contribution in [3.63, 3.8) is 0 Å². The van der Waals surface area contributed by atoms with Crippen LogP contribution < -0.4 is 0 Å². The molecule has 2 rings (SSSR count). The molecule has 1 unspecified atom stereocenters. The summed E-state index contributed by atoms with van der Waals surface area (Å²) < 4.78 is 5.31. The molecule has 0 N–H and O–H groups in total. The molecule has 3 nitrogen and oxygen atoms in total. The molecule has 0 saturated carbocycles. The molecule has 1 aromatic heterocycles. The lowest BCUT2D eigenvalue weighted by molar-refractivity contribution is -0.131. The Bertz CT molecular complexity index is 523. The van der Waals surface area contributed by atoms with E-state index in [2.05, 4.69) is 12.1 Å². The summed E-state index contributed by atoms with van der Waals surface area (Å²) in [6.45, 7) is 2.78. The van der Waals surface area contributed by atoms with Crippen LogP contribution in [0.1, 0.15) is 18.2 Å². The second-order valence-electron chi connectivity index (χ2n) is 4.69. The highest BCUT2D eigenvalue weighted by atomic mass is 35.5. The van der Waals surface area contributed by atoms with Gasteiger partial charge in [-0.05, 0) is 31.0 Å². The van der Waals surface area contributed by atoms with Gasteiger partial charge in [0.25, 0.3) is 0 Å². The predicted molar refractivity (Wildman–Crippen MR) is 79.6 cm³/mol. The average molecular weight is 292 g/mol. The molecule has 0 fully saturated rings. The van der Waals surface area contributed by atoms with Gasteiger partial charge in [0.2, 0.25) is 5.91 Å². The van der Waals surface area contributed by atoms with Crippen LogP contribution in [-0.2, 0) is 17.8 Å². The molecule has 1 amide bonds. The summed E-state index contributed by atoms with van der Waals surface area (Å²) in [5.41, 5.74) is 1.20. The number of alkyl halides is 1. The molecule has 20 heavy (non-hydrogen) atoms. The summed E-state index contributed by atoms with van der Waals surface area (Å²) >= 11 is 5.92. The van der Waals surface area contributed by atoms with Crippen LogP contribution in [0.2, 0.25) is 0 Å². The zero-order valence-corrected chi connectivity index (χ0v) is 12.2. The fraction of sp³-hybridized carbons (Fsp3) is 0.312. The van der Waals surface area contributed by atoms with E-state index in [-0.39, 0.29) is 5.91 Å². The van der Waals surface area contributed by atoms with Gasteiger partial charge in [-0.25, -0.2) is 0 Å². The molecule has 0 bridgehead atoms. The minimum Gasteiger partial charge on any atom is -0.467 e. The summed E-state index contributed by atoms with van der Waals surface area (Å²) in [4.78, 5) is 13.9. The largest absolute Gasteiger partial charge is 0.467 e. The molecule has 1 atom stereocenters. The van der Waals surface area contributed by atoms with Crippen molar-refractivity contribution in [1.82, 2.24) is 4.90 Å². The van der Waals surface area contributed by atoms with Crippen LogP contribution in [0.3, 0.4) is 0 Å². The van der Waals surface area contributed by atoms with E-state index >= 15 is 0 Å². The second kappa shape index (κ2) is 7.15. The van der Waals surface area contributed by atoms with Gasteiger partial charge in [0.15, 0.2) is 0 Å². The second-order valence-corrected chi connectivity index (χ2v) is 5.35. The summed E-state index contributed by atoms with van der Waals surface area (Å²) in [5.74, 6) is 0.697. The van der Waals surface area contributed by atoms with E-state index in [0.717, 1.165) is 12.2 Å². The van der Waals surface area contributed by atoms with Crippen molar-refractivity contribution in [1.29, 1.82) is 0 Å². The Labute approximate surface area is 124 Å². The number of carbonyl (C=O) groups excluding carboxylic acids is 1. The molecule has 2 aromatic rings. The van der Waals surface area contributed by atoms with E-state index in [0.29, 0.717) is 13.1 Å². The SMILES string of the molecule is CC(Cl)C(=O)N(CCc1ccccc1)Cc1ccco1. The first kappa shape index (κ1) is 14.7. The van der Waals surface area contributed by atoms with Gasteiger partial charge >= 0.3 is 0 Å². The lowest BCUT2D eigenvalue weighted by Gasteiger charge is -2.23. The number of benzene rings is 1. The molecule has 1 aromatic carbocycles. The molecule has 0 saturated heterocycles. The molecule has 106 valence electrons. The maximum absolute atomic E-state index is 12.1. The molecule has 4 heteroatoms. The third-order valence-corrected chi connectivity index (χ3v) is 3.28. The van der Waals surface area contributed by atoms with E-state index in [1.807, 2.05) is 30.3 Å². The smallest absolute Gasteiger partial charge is 0.240 e. The number of hydrogen-bond acceptors (Lipinski definition) is 2. The predicted octanol–water partition coefficient (Wildman–Crippen LogP) is 3.48. The highest BCUT2D eigenvalue weighted by Gasteiger charge is 2.19. The fourth-order valence-electron chi connectivity index (χ4n) is 2.02. The topological polar surface area (TPSA) is 33.5 Å². The molecular weight excluding hydrogens is 274 g/mol. The maximum Gasteiger partial charge on any atom is 0.240 e. The van der Waals surface area contributed by atoms with Crippen molar-refractivity contribution < 1.29 is 9.21 Å². The Hall–Kier alpha value is -1.74. The number of rotatable bonds is 6. The number of hydrogen-bond donors (Lipinski definition) is 0. The quantitative estimate of drug-likeness (QED) is 0.764. The molecule has 0 aliphatic heterocycles. The third kappa shape index (κ3) is 4.14. The third-order valence-electron chi connectivity index (χ3n) is 3.09. The zero-order valence-electron chi connectivity index (χ0n) is 11.5. The number of nitrogens with zero attached hydrogens (tertiary/aromatic N) is 1. The van der Waals surface area contributed by atoms with Crippen molar-refractivity contribution in [2.75, 3.05) is 6.54 Å². The van der Waals surface area contributed by atoms with E-state index < -0.39 is 5.38 Å². The van der Waals surface area contributed by atoms with Crippen LogP contribution in [-0.4, -0.2) is 22.7 Å². The van der Waals surface area contributed by atoms with Gasteiger partial charge in [0, 0.05) is 6.54 Å². The van der Waals surface area contributed by atoms with Gasteiger partial charge in [0.1, 0.15) is 11.1 Å². The lowest BCUT2D eigenvalue weighted by Crippen LogP contribution is -2.36. The highest BCUT2D eigenvalue weighted by Crippen LogP contribution is 2.11. The van der Waals surface area contributed by atoms with Crippen molar-refractivity contribution in [3.8, 4) is 0 Å². The minimum absolute atomic E-state index is 0.0704. The molecule has 0 spiro atoms. The van der Waals surface area contributed by atoms with E-state index in [9.17, 15) is 4.79 Å². The highest BCUT2D eigenvalue weighted by molar-refractivity contribution is 6.30. The van der Waals surface area contributed by atoms with Gasteiger partial charge in [-0.3, -0.25) is 4.79 Å². The fourth-order valence-corrected chi connectivity index (χ4v) is 2.16. The van der Waals surface area contributed by atoms with Gasteiger partial charge < -0.3 is 9.32 Å². The van der Waals surface area contributed by atoms with Gasteiger partial charge in [0.05, 0.1) is 12.8 Å². The van der Waals surface area contributed by atoms with Crippen molar-refractivity contribution in [2.24, 2.45) is 0 Å². The molecule has 0 aliphatic carbocycles. The van der Waals surface area contributed by atoms with Gasteiger partial charge in [-0.1, -0.05) is 30.3 Å². The molecule has 0 radical (unpaired) electrons. The Balaban J connectivity index is 2.01. The molecule has 1 heterocycles. The standard InChI is InChI=1S/C16H18ClNO2/c1-13(17)16(19)18(12-15-8-5-11-20-15)10-9-14-6-3-2-4-7-14/h2-8,11,13H,9-10,12H2,1H3. The Morgan fingerprint density at radius 2 is 2.00 bits per heavy atom. The van der Waals surface area contributed by atoms with Gasteiger partial charge in [-0.2, -0.15) is 0 Å². The Kier molecular flexibility index (Phi) is 5.24. The monoisotopic (exact) mass is 291 g/mol. The first-order valence-corrected chi connectivity index (χ1v) is 7.09. The van der Waals surface area contributed by atoms with E-state index in [4.69, 9.17) is 16.0 Å². The number of halogens is 1. The number of carbonyl (C=O) groups is 1. The van der Waals surface area contributed by atoms with E-state index in [1.165, 1.54) is 5.56 Å². The van der Waals surface area contributed by atoms with E-state index in [1.54, 1.807) is 18.1 Å². The molecule has 0 aliphatic rings. The summed E-state index contributed by atoms with van der Waals surface area (Å²) in [7, 11) is 0. The van der Waals surface area contributed by atoms with Crippen LogP contribution in [0.5, 0.6) is 0 Å². The van der Waals surface area contributed by atoms with Crippen molar-refractivity contribution in [2.45, 2.75) is 25.3 Å².